The van der Waals surface area contributed by atoms with E-state index in [4.69, 9.17) is 9.15 Å². The van der Waals surface area contributed by atoms with Crippen LogP contribution < -0.4 is 10.1 Å². The quantitative estimate of drug-likeness (QED) is 0.364. The molecule has 0 fully saturated rings. The molecule has 164 valence electrons. The van der Waals surface area contributed by atoms with E-state index in [1.54, 1.807) is 0 Å². The van der Waals surface area contributed by atoms with Crippen LogP contribution >= 0.6 is 0 Å². The molecular weight excluding hydrogens is 402 g/mol. The van der Waals surface area contributed by atoms with Gasteiger partial charge < -0.3 is 19.6 Å². The van der Waals surface area contributed by atoms with E-state index < -0.39 is 6.10 Å². The minimum absolute atomic E-state index is 0.0772. The maximum absolute atomic E-state index is 13.4. The van der Waals surface area contributed by atoms with Gasteiger partial charge >= 0.3 is 0 Å². The van der Waals surface area contributed by atoms with Gasteiger partial charge in [-0.15, -0.1) is 0 Å². The maximum atomic E-state index is 13.4. The van der Waals surface area contributed by atoms with E-state index in [0.29, 0.717) is 40.8 Å². The van der Waals surface area contributed by atoms with Crippen molar-refractivity contribution in [1.29, 1.82) is 0 Å². The van der Waals surface area contributed by atoms with Crippen LogP contribution in [0.15, 0.2) is 83.3 Å². The van der Waals surface area contributed by atoms with Gasteiger partial charge in [0.1, 0.15) is 29.8 Å². The molecular formula is C27H27NO4. The van der Waals surface area contributed by atoms with Gasteiger partial charge in [-0.3, -0.25) is 4.79 Å². The zero-order chi connectivity index (χ0) is 22.5. The van der Waals surface area contributed by atoms with Gasteiger partial charge in [-0.05, 0) is 30.3 Å². The first kappa shape index (κ1) is 21.8. The molecule has 0 aliphatic heterocycles. The molecule has 0 spiro atoms. The lowest BCUT2D eigenvalue weighted by Crippen LogP contribution is -2.35. The predicted octanol–water partition coefficient (Wildman–Crippen LogP) is 5.07. The van der Waals surface area contributed by atoms with Crippen molar-refractivity contribution in [2.45, 2.75) is 26.0 Å². The van der Waals surface area contributed by atoms with Gasteiger partial charge in [-0.25, -0.2) is 0 Å². The third-order valence-corrected chi connectivity index (χ3v) is 5.18. The summed E-state index contributed by atoms with van der Waals surface area (Å²) < 4.78 is 11.8. The van der Waals surface area contributed by atoms with Crippen LogP contribution in [0, 0.1) is 0 Å². The second-order valence-electron chi connectivity index (χ2n) is 8.05. The summed E-state index contributed by atoms with van der Waals surface area (Å²) in [5.74, 6) is 1.10. The zero-order valence-electron chi connectivity index (χ0n) is 18.2. The van der Waals surface area contributed by atoms with Gasteiger partial charge in [0.05, 0.1) is 5.56 Å². The molecule has 0 saturated heterocycles. The summed E-state index contributed by atoms with van der Waals surface area (Å²) in [6.45, 7) is 4.73. The van der Waals surface area contributed by atoms with Gasteiger partial charge in [0, 0.05) is 29.1 Å². The highest BCUT2D eigenvalue weighted by atomic mass is 16.5. The Morgan fingerprint density at radius 3 is 2.38 bits per heavy atom. The summed E-state index contributed by atoms with van der Waals surface area (Å²) in [6.07, 6.45) is -0.595. The van der Waals surface area contributed by atoms with Crippen LogP contribution in [-0.4, -0.2) is 36.2 Å². The van der Waals surface area contributed by atoms with Gasteiger partial charge in [0.25, 0.3) is 0 Å². The van der Waals surface area contributed by atoms with E-state index >= 15 is 0 Å². The number of hydrogen-bond donors (Lipinski definition) is 2. The smallest absolute Gasteiger partial charge is 0.197 e. The summed E-state index contributed by atoms with van der Waals surface area (Å²) in [5.41, 5.74) is 2.62. The van der Waals surface area contributed by atoms with Crippen molar-refractivity contribution < 1.29 is 19.1 Å². The highest BCUT2D eigenvalue weighted by molar-refractivity contribution is 6.19. The van der Waals surface area contributed by atoms with Gasteiger partial charge in [-0.2, -0.15) is 0 Å². The van der Waals surface area contributed by atoms with Gasteiger partial charge in [0.15, 0.2) is 5.78 Å². The molecule has 1 aromatic heterocycles. The van der Waals surface area contributed by atoms with Crippen LogP contribution in [0.25, 0.3) is 22.3 Å². The first-order valence-electron chi connectivity index (χ1n) is 10.8. The van der Waals surface area contributed by atoms with E-state index in [1.165, 1.54) is 0 Å². The predicted molar refractivity (Wildman–Crippen MR) is 126 cm³/mol. The fourth-order valence-corrected chi connectivity index (χ4v) is 3.53. The fraction of sp³-hybridized carbons (Fsp3) is 0.222. The Hall–Kier alpha value is -3.41. The van der Waals surface area contributed by atoms with Crippen LogP contribution in [0.3, 0.4) is 0 Å². The van der Waals surface area contributed by atoms with Crippen LogP contribution in [0.4, 0.5) is 0 Å². The van der Waals surface area contributed by atoms with Gasteiger partial charge in [-0.1, -0.05) is 62.4 Å². The highest BCUT2D eigenvalue weighted by Crippen LogP contribution is 2.35. The molecule has 0 bridgehead atoms. The first-order valence-corrected chi connectivity index (χ1v) is 10.8. The van der Waals surface area contributed by atoms with Crippen molar-refractivity contribution in [2.75, 3.05) is 13.2 Å². The van der Waals surface area contributed by atoms with Crippen LogP contribution in [0.2, 0.25) is 0 Å². The molecule has 0 radical (unpaired) electrons. The number of hydrogen-bond acceptors (Lipinski definition) is 5. The van der Waals surface area contributed by atoms with Gasteiger partial charge in [0.2, 0.25) is 0 Å². The SMILES string of the molecule is CC(C)NCC(O)COc1ccc(-c2oc3ccccc3c2C(=O)c2ccccc2)cc1. The first-order chi connectivity index (χ1) is 15.5. The Bertz CT molecular complexity index is 1180. The minimum Gasteiger partial charge on any atom is -0.491 e. The molecule has 0 aliphatic rings. The number of ketones is 1. The molecule has 1 atom stereocenters. The molecule has 4 rings (SSSR count). The van der Waals surface area contributed by atoms with Crippen molar-refractivity contribution in [3.8, 4) is 17.1 Å². The molecule has 1 unspecified atom stereocenters. The normalized spacial score (nSPS) is 12.2. The molecule has 0 saturated carbocycles. The van der Waals surface area contributed by atoms with Crippen molar-refractivity contribution in [3.05, 3.63) is 90.0 Å². The number of ether oxygens (including phenoxy) is 1. The Balaban J connectivity index is 1.59. The highest BCUT2D eigenvalue weighted by Gasteiger charge is 2.23. The number of aliphatic hydroxyl groups excluding tert-OH is 1. The number of carbonyl (C=O) groups excluding carboxylic acids is 1. The number of furan rings is 1. The number of carbonyl (C=O) groups is 1. The molecule has 3 aromatic carbocycles. The lowest BCUT2D eigenvalue weighted by Gasteiger charge is -2.15. The third kappa shape index (κ3) is 4.90. The van der Waals surface area contributed by atoms with Crippen molar-refractivity contribution in [1.82, 2.24) is 5.32 Å². The Labute approximate surface area is 187 Å². The summed E-state index contributed by atoms with van der Waals surface area (Å²) in [7, 11) is 0. The van der Waals surface area contributed by atoms with E-state index in [9.17, 15) is 9.90 Å². The van der Waals surface area contributed by atoms with Crippen molar-refractivity contribution >= 4 is 16.8 Å². The molecule has 0 aliphatic carbocycles. The molecule has 1 heterocycles. The number of aliphatic hydroxyl groups is 1. The standard InChI is InChI=1S/C27H27NO4/c1-18(2)28-16-21(29)17-31-22-14-12-20(13-15-22)27-25(23-10-6-7-11-24(23)32-27)26(30)19-8-4-3-5-9-19/h3-15,18,21,28-29H,16-17H2,1-2H3. The van der Waals surface area contributed by atoms with E-state index in [0.717, 1.165) is 10.9 Å². The summed E-state index contributed by atoms with van der Waals surface area (Å²) in [4.78, 5) is 13.4. The molecule has 5 heteroatoms. The second kappa shape index (κ2) is 9.81. The van der Waals surface area contributed by atoms with E-state index in [1.807, 2.05) is 92.7 Å². The number of fused-ring (bicyclic) bond motifs is 1. The van der Waals surface area contributed by atoms with Crippen molar-refractivity contribution in [2.24, 2.45) is 0 Å². The third-order valence-electron chi connectivity index (χ3n) is 5.18. The topological polar surface area (TPSA) is 71.7 Å². The fourth-order valence-electron chi connectivity index (χ4n) is 3.53. The molecule has 0 amide bonds. The summed E-state index contributed by atoms with van der Waals surface area (Å²) >= 11 is 0. The minimum atomic E-state index is -0.595. The number of para-hydroxylation sites is 1. The monoisotopic (exact) mass is 429 g/mol. The van der Waals surface area contributed by atoms with E-state index in [-0.39, 0.29) is 12.4 Å². The average molecular weight is 430 g/mol. The lowest BCUT2D eigenvalue weighted by atomic mass is 9.97. The summed E-state index contributed by atoms with van der Waals surface area (Å²) in [6, 6.07) is 24.5. The number of nitrogens with one attached hydrogen (secondary N) is 1. The number of rotatable bonds is 9. The molecule has 32 heavy (non-hydrogen) atoms. The van der Waals surface area contributed by atoms with Crippen LogP contribution in [0.5, 0.6) is 5.75 Å². The zero-order valence-corrected chi connectivity index (χ0v) is 18.2. The lowest BCUT2D eigenvalue weighted by molar-refractivity contribution is 0.103. The van der Waals surface area contributed by atoms with E-state index in [2.05, 4.69) is 5.32 Å². The molecule has 4 aromatic rings. The maximum Gasteiger partial charge on any atom is 0.197 e. The van der Waals surface area contributed by atoms with Crippen molar-refractivity contribution in [3.63, 3.8) is 0 Å². The molecule has 5 nitrogen and oxygen atoms in total. The Morgan fingerprint density at radius 2 is 1.66 bits per heavy atom. The second-order valence-corrected chi connectivity index (χ2v) is 8.05. The summed E-state index contributed by atoms with van der Waals surface area (Å²) in [5, 5.41) is 14.0. The average Bonchev–Trinajstić information content (AvgIpc) is 3.21. The Morgan fingerprint density at radius 1 is 0.969 bits per heavy atom. The largest absolute Gasteiger partial charge is 0.491 e. The number of benzene rings is 3. The van der Waals surface area contributed by atoms with Crippen LogP contribution in [0.1, 0.15) is 29.8 Å². The molecule has 2 N–H and O–H groups in total. The Kier molecular flexibility index (Phi) is 6.69. The van der Waals surface area contributed by atoms with Crippen LogP contribution in [-0.2, 0) is 0 Å².